The van der Waals surface area contributed by atoms with Gasteiger partial charge >= 0.3 is 12.1 Å². The van der Waals surface area contributed by atoms with Crippen LogP contribution >= 0.6 is 0 Å². The van der Waals surface area contributed by atoms with E-state index in [-0.39, 0.29) is 48.9 Å². The first kappa shape index (κ1) is 24.0. The molecule has 0 saturated heterocycles. The van der Waals surface area contributed by atoms with Crippen molar-refractivity contribution in [2.24, 2.45) is 11.8 Å². The SMILES string of the molecule is CC(C)C(CNC(=O)OCC1c2ccccc2-c2ccccc21)C(=O)NCc1ocnc1C(=O)O. The first-order valence-corrected chi connectivity index (χ1v) is 11.4. The van der Waals surface area contributed by atoms with Gasteiger partial charge < -0.3 is 24.9 Å². The van der Waals surface area contributed by atoms with E-state index in [0.717, 1.165) is 28.6 Å². The van der Waals surface area contributed by atoms with Crippen molar-refractivity contribution in [2.75, 3.05) is 13.2 Å². The number of hydrogen-bond acceptors (Lipinski definition) is 6. The lowest BCUT2D eigenvalue weighted by Crippen LogP contribution is -2.41. The molecule has 3 aromatic rings. The van der Waals surface area contributed by atoms with Gasteiger partial charge in [-0.15, -0.1) is 0 Å². The summed E-state index contributed by atoms with van der Waals surface area (Å²) in [7, 11) is 0. The van der Waals surface area contributed by atoms with Crippen molar-refractivity contribution in [1.82, 2.24) is 15.6 Å². The van der Waals surface area contributed by atoms with Gasteiger partial charge in [0, 0.05) is 12.5 Å². The number of fused-ring (bicyclic) bond motifs is 3. The molecule has 182 valence electrons. The Morgan fingerprint density at radius 2 is 1.66 bits per heavy atom. The maximum atomic E-state index is 12.7. The number of amides is 2. The summed E-state index contributed by atoms with van der Waals surface area (Å²) in [5.41, 5.74) is 4.28. The minimum Gasteiger partial charge on any atom is -0.476 e. The molecule has 0 fully saturated rings. The largest absolute Gasteiger partial charge is 0.476 e. The van der Waals surface area contributed by atoms with Crippen LogP contribution in [0.25, 0.3) is 11.1 Å². The molecule has 1 unspecified atom stereocenters. The van der Waals surface area contributed by atoms with Gasteiger partial charge in [0.2, 0.25) is 5.91 Å². The zero-order valence-corrected chi connectivity index (χ0v) is 19.5. The highest BCUT2D eigenvalue weighted by Gasteiger charge is 2.29. The van der Waals surface area contributed by atoms with Crippen LogP contribution in [-0.2, 0) is 16.1 Å². The van der Waals surface area contributed by atoms with Crippen LogP contribution in [0.3, 0.4) is 0 Å². The van der Waals surface area contributed by atoms with Crippen LogP contribution in [0.1, 0.15) is 47.1 Å². The van der Waals surface area contributed by atoms with E-state index in [4.69, 9.17) is 14.3 Å². The van der Waals surface area contributed by atoms with Crippen LogP contribution in [0.5, 0.6) is 0 Å². The fraction of sp³-hybridized carbons (Fsp3) is 0.308. The molecule has 0 radical (unpaired) electrons. The molecule has 0 spiro atoms. The number of aromatic carboxylic acids is 1. The molecule has 1 aromatic heterocycles. The second kappa shape index (κ2) is 10.4. The van der Waals surface area contributed by atoms with Crippen molar-refractivity contribution in [3.63, 3.8) is 0 Å². The van der Waals surface area contributed by atoms with Crippen LogP contribution in [0.4, 0.5) is 4.79 Å². The van der Waals surface area contributed by atoms with Crippen molar-refractivity contribution < 1.29 is 28.6 Å². The van der Waals surface area contributed by atoms with Crippen molar-refractivity contribution in [3.05, 3.63) is 77.5 Å². The minimum atomic E-state index is -1.24. The lowest BCUT2D eigenvalue weighted by Gasteiger charge is -2.21. The van der Waals surface area contributed by atoms with Crippen molar-refractivity contribution in [3.8, 4) is 11.1 Å². The van der Waals surface area contributed by atoms with Crippen molar-refractivity contribution in [2.45, 2.75) is 26.3 Å². The smallest absolute Gasteiger partial charge is 0.407 e. The highest BCUT2D eigenvalue weighted by atomic mass is 16.5. The maximum Gasteiger partial charge on any atom is 0.407 e. The van der Waals surface area contributed by atoms with E-state index in [9.17, 15) is 14.4 Å². The number of ether oxygens (including phenoxy) is 1. The Morgan fingerprint density at radius 1 is 1.03 bits per heavy atom. The van der Waals surface area contributed by atoms with Crippen LogP contribution in [-0.4, -0.2) is 41.2 Å². The third kappa shape index (κ3) is 5.18. The number of nitrogens with zero attached hydrogens (tertiary/aromatic N) is 1. The predicted octanol–water partition coefficient (Wildman–Crippen LogP) is 3.80. The predicted molar refractivity (Wildman–Crippen MR) is 127 cm³/mol. The lowest BCUT2D eigenvalue weighted by molar-refractivity contribution is -0.126. The molecule has 35 heavy (non-hydrogen) atoms. The summed E-state index contributed by atoms with van der Waals surface area (Å²) in [5, 5.41) is 14.4. The van der Waals surface area contributed by atoms with Gasteiger partial charge in [-0.3, -0.25) is 4.79 Å². The zero-order valence-electron chi connectivity index (χ0n) is 19.5. The number of oxazole rings is 1. The van der Waals surface area contributed by atoms with Gasteiger partial charge in [-0.25, -0.2) is 14.6 Å². The maximum absolute atomic E-state index is 12.7. The fourth-order valence-corrected chi connectivity index (χ4v) is 4.34. The Balaban J connectivity index is 1.32. The highest BCUT2D eigenvalue weighted by molar-refractivity contribution is 5.86. The van der Waals surface area contributed by atoms with E-state index in [1.807, 2.05) is 50.2 Å². The number of benzene rings is 2. The van der Waals surface area contributed by atoms with Crippen LogP contribution in [0.2, 0.25) is 0 Å². The number of carboxylic acid groups (broad SMARTS) is 1. The third-order valence-electron chi connectivity index (χ3n) is 6.22. The van der Waals surface area contributed by atoms with E-state index < -0.39 is 18.0 Å². The number of rotatable bonds is 9. The zero-order chi connectivity index (χ0) is 24.9. The van der Waals surface area contributed by atoms with Crippen LogP contribution in [0.15, 0.2) is 59.3 Å². The van der Waals surface area contributed by atoms with Crippen LogP contribution in [0, 0.1) is 11.8 Å². The first-order valence-electron chi connectivity index (χ1n) is 11.4. The molecule has 4 rings (SSSR count). The summed E-state index contributed by atoms with van der Waals surface area (Å²) < 4.78 is 10.6. The Kier molecular flexibility index (Phi) is 7.14. The molecule has 0 aliphatic heterocycles. The number of nitrogens with one attached hydrogen (secondary N) is 2. The number of hydrogen-bond donors (Lipinski definition) is 3. The quantitative estimate of drug-likeness (QED) is 0.427. The third-order valence-corrected chi connectivity index (χ3v) is 6.22. The summed E-state index contributed by atoms with van der Waals surface area (Å²) in [6.07, 6.45) is 0.414. The number of carbonyl (C=O) groups is 3. The van der Waals surface area contributed by atoms with Gasteiger partial charge in [-0.2, -0.15) is 0 Å². The summed E-state index contributed by atoms with van der Waals surface area (Å²) in [5.74, 6) is -2.21. The summed E-state index contributed by atoms with van der Waals surface area (Å²) in [4.78, 5) is 40.0. The van der Waals surface area contributed by atoms with Crippen molar-refractivity contribution in [1.29, 1.82) is 0 Å². The highest BCUT2D eigenvalue weighted by Crippen LogP contribution is 2.44. The van der Waals surface area contributed by atoms with E-state index >= 15 is 0 Å². The summed E-state index contributed by atoms with van der Waals surface area (Å²) in [6, 6.07) is 16.2. The van der Waals surface area contributed by atoms with Gasteiger partial charge in [0.25, 0.3) is 0 Å². The molecule has 2 amide bonds. The van der Waals surface area contributed by atoms with Gasteiger partial charge in [0.1, 0.15) is 6.61 Å². The number of carbonyl (C=O) groups excluding carboxylic acids is 2. The second-order valence-corrected chi connectivity index (χ2v) is 8.70. The normalized spacial score (nSPS) is 13.1. The molecule has 2 aromatic carbocycles. The van der Waals surface area contributed by atoms with E-state index in [1.54, 1.807) is 0 Å². The molecule has 9 nitrogen and oxygen atoms in total. The molecule has 1 atom stereocenters. The Labute approximate surface area is 202 Å². The fourth-order valence-electron chi connectivity index (χ4n) is 4.34. The first-order chi connectivity index (χ1) is 16.9. The van der Waals surface area contributed by atoms with Gasteiger partial charge in [-0.1, -0.05) is 62.4 Å². The van der Waals surface area contributed by atoms with E-state index in [2.05, 4.69) is 27.8 Å². The van der Waals surface area contributed by atoms with Gasteiger partial charge in [0.15, 0.2) is 17.8 Å². The molecule has 0 bridgehead atoms. The number of aromatic nitrogens is 1. The standard InChI is InChI=1S/C26H27N3O6/c1-15(2)20(24(30)27-12-22-23(25(31)32)29-14-35-22)11-28-26(33)34-13-21-18-9-5-3-7-16(18)17-8-4-6-10-19(17)21/h3-10,14-15,20-21H,11-13H2,1-2H3,(H,27,30)(H,28,33)(H,31,32). The molecule has 1 heterocycles. The molecule has 9 heteroatoms. The molecular weight excluding hydrogens is 450 g/mol. The van der Waals surface area contributed by atoms with Crippen LogP contribution < -0.4 is 10.6 Å². The summed E-state index contributed by atoms with van der Waals surface area (Å²) >= 11 is 0. The number of carboxylic acids is 1. The molecular formula is C26H27N3O6. The van der Waals surface area contributed by atoms with Crippen molar-refractivity contribution >= 4 is 18.0 Å². The topological polar surface area (TPSA) is 131 Å². The Morgan fingerprint density at radius 3 is 2.26 bits per heavy atom. The average Bonchev–Trinajstić information content (AvgIpc) is 3.44. The van der Waals surface area contributed by atoms with Gasteiger partial charge in [0.05, 0.1) is 12.5 Å². The summed E-state index contributed by atoms with van der Waals surface area (Å²) in [6.45, 7) is 3.86. The molecule has 3 N–H and O–H groups in total. The minimum absolute atomic E-state index is 0.0531. The Hall–Kier alpha value is -4.14. The average molecular weight is 478 g/mol. The number of alkyl carbamates (subject to hydrolysis) is 1. The molecule has 1 aliphatic rings. The molecule has 0 saturated carbocycles. The van der Waals surface area contributed by atoms with E-state index in [0.29, 0.717) is 0 Å². The van der Waals surface area contributed by atoms with Gasteiger partial charge in [-0.05, 0) is 28.2 Å². The van der Waals surface area contributed by atoms with E-state index in [1.165, 1.54) is 0 Å². The molecule has 1 aliphatic carbocycles. The monoisotopic (exact) mass is 477 g/mol. The second-order valence-electron chi connectivity index (χ2n) is 8.70. The Bertz CT molecular complexity index is 1190. The lowest BCUT2D eigenvalue weighted by atomic mass is 9.95.